The Hall–Kier alpha value is -3.15. The maximum atomic E-state index is 13.5. The first-order valence-electron chi connectivity index (χ1n) is 11.6. The lowest BCUT2D eigenvalue weighted by atomic mass is 10.0. The van der Waals surface area contributed by atoms with Gasteiger partial charge < -0.3 is 18.6 Å². The van der Waals surface area contributed by atoms with E-state index in [1.165, 1.54) is 6.26 Å². The van der Waals surface area contributed by atoms with Crippen LogP contribution < -0.4 is 19.6 Å². The monoisotopic (exact) mass is 510 g/mol. The first kappa shape index (κ1) is 23.6. The number of hydrogen-bond donors (Lipinski definition) is 0. The standard InChI is InChI=1S/C28H24Cl2O5/c1-2-5-18-12-19-26(14-25(18)34-16-21-22(29)6-3-7-23(21)30)35-15-20(28(19)31)17-8-9-24-27(13-17)33-11-4-10-32-24/h3,6-9,12-15H,2,4-5,10-11,16H2,1H3. The van der Waals surface area contributed by atoms with Crippen molar-refractivity contribution in [2.75, 3.05) is 13.2 Å². The highest BCUT2D eigenvalue weighted by molar-refractivity contribution is 6.35. The molecule has 0 radical (unpaired) electrons. The van der Waals surface area contributed by atoms with Crippen molar-refractivity contribution < 1.29 is 18.6 Å². The molecule has 0 saturated heterocycles. The van der Waals surface area contributed by atoms with Gasteiger partial charge in [0.1, 0.15) is 24.2 Å². The highest BCUT2D eigenvalue weighted by Crippen LogP contribution is 2.35. The second kappa shape index (κ2) is 10.2. The van der Waals surface area contributed by atoms with Crippen LogP contribution >= 0.6 is 23.2 Å². The molecule has 0 atom stereocenters. The molecule has 4 aromatic rings. The second-order valence-corrected chi connectivity index (χ2v) is 9.20. The van der Waals surface area contributed by atoms with E-state index >= 15 is 0 Å². The van der Waals surface area contributed by atoms with Gasteiger partial charge in [-0.3, -0.25) is 4.79 Å². The van der Waals surface area contributed by atoms with Crippen LogP contribution in [-0.4, -0.2) is 13.2 Å². The summed E-state index contributed by atoms with van der Waals surface area (Å²) in [6.07, 6.45) is 3.94. The molecular formula is C28H24Cl2O5. The predicted molar refractivity (Wildman–Crippen MR) is 138 cm³/mol. The van der Waals surface area contributed by atoms with E-state index in [-0.39, 0.29) is 12.0 Å². The van der Waals surface area contributed by atoms with Gasteiger partial charge in [0, 0.05) is 28.1 Å². The number of hydrogen-bond acceptors (Lipinski definition) is 5. The highest BCUT2D eigenvalue weighted by Gasteiger charge is 2.17. The van der Waals surface area contributed by atoms with Crippen molar-refractivity contribution in [2.24, 2.45) is 0 Å². The fourth-order valence-electron chi connectivity index (χ4n) is 4.15. The Morgan fingerprint density at radius 1 is 0.971 bits per heavy atom. The van der Waals surface area contributed by atoms with Crippen molar-refractivity contribution in [3.8, 4) is 28.4 Å². The number of ether oxygens (including phenoxy) is 3. The molecule has 0 N–H and O–H groups in total. The molecule has 1 aromatic heterocycles. The van der Waals surface area contributed by atoms with Crippen LogP contribution in [0.15, 0.2) is 64.0 Å². The Bertz CT molecular complexity index is 1420. The summed E-state index contributed by atoms with van der Waals surface area (Å²) >= 11 is 12.6. The third-order valence-electron chi connectivity index (χ3n) is 5.97. The minimum absolute atomic E-state index is 0.112. The molecule has 1 aliphatic heterocycles. The first-order chi connectivity index (χ1) is 17.0. The smallest absolute Gasteiger partial charge is 0.200 e. The Kier molecular flexibility index (Phi) is 6.89. The van der Waals surface area contributed by atoms with E-state index in [4.69, 9.17) is 41.8 Å². The number of benzene rings is 3. The van der Waals surface area contributed by atoms with Gasteiger partial charge in [-0.15, -0.1) is 0 Å². The molecule has 7 heteroatoms. The molecule has 0 saturated carbocycles. The third-order valence-corrected chi connectivity index (χ3v) is 6.68. The Labute approximate surface area is 213 Å². The predicted octanol–water partition coefficient (Wildman–Crippen LogP) is 7.46. The number of halogens is 2. The normalized spacial score (nSPS) is 13.0. The average molecular weight is 511 g/mol. The topological polar surface area (TPSA) is 57.9 Å². The Morgan fingerprint density at radius 3 is 2.51 bits per heavy atom. The van der Waals surface area contributed by atoms with E-state index in [1.807, 2.05) is 24.3 Å². The Morgan fingerprint density at radius 2 is 1.74 bits per heavy atom. The molecule has 5 nitrogen and oxygen atoms in total. The van der Waals surface area contributed by atoms with Gasteiger partial charge in [0.25, 0.3) is 0 Å². The molecule has 0 aliphatic carbocycles. The summed E-state index contributed by atoms with van der Waals surface area (Å²) in [5, 5.41) is 1.59. The molecule has 0 fully saturated rings. The zero-order valence-electron chi connectivity index (χ0n) is 19.2. The molecule has 0 amide bonds. The van der Waals surface area contributed by atoms with Crippen molar-refractivity contribution in [2.45, 2.75) is 32.8 Å². The molecule has 1 aliphatic rings. The van der Waals surface area contributed by atoms with Gasteiger partial charge in [-0.05, 0) is 47.9 Å². The zero-order valence-corrected chi connectivity index (χ0v) is 20.7. The molecule has 180 valence electrons. The lowest BCUT2D eigenvalue weighted by Gasteiger charge is -2.14. The van der Waals surface area contributed by atoms with Crippen molar-refractivity contribution in [3.05, 3.63) is 86.2 Å². The van der Waals surface area contributed by atoms with E-state index in [1.54, 1.807) is 24.3 Å². The maximum absolute atomic E-state index is 13.5. The lowest BCUT2D eigenvalue weighted by molar-refractivity contribution is 0.297. The third kappa shape index (κ3) is 4.84. The maximum Gasteiger partial charge on any atom is 0.200 e. The summed E-state index contributed by atoms with van der Waals surface area (Å²) in [5.74, 6) is 1.96. The molecule has 35 heavy (non-hydrogen) atoms. The molecule has 0 spiro atoms. The highest BCUT2D eigenvalue weighted by atomic mass is 35.5. The van der Waals surface area contributed by atoms with E-state index < -0.39 is 0 Å². The molecule has 3 aromatic carbocycles. The van der Waals surface area contributed by atoms with Gasteiger partial charge >= 0.3 is 0 Å². The average Bonchev–Trinajstić information content (AvgIpc) is 3.10. The number of aryl methyl sites for hydroxylation is 1. The largest absolute Gasteiger partial charge is 0.490 e. The molecule has 0 bridgehead atoms. The Balaban J connectivity index is 1.52. The van der Waals surface area contributed by atoms with Gasteiger partial charge in [0.15, 0.2) is 11.5 Å². The van der Waals surface area contributed by atoms with Crippen molar-refractivity contribution in [1.29, 1.82) is 0 Å². The van der Waals surface area contributed by atoms with Gasteiger partial charge in [0.05, 0.1) is 24.2 Å². The van der Waals surface area contributed by atoms with Crippen LogP contribution in [0, 0.1) is 0 Å². The summed E-state index contributed by atoms with van der Waals surface area (Å²) in [6, 6.07) is 14.5. The van der Waals surface area contributed by atoms with Crippen LogP contribution in [0.1, 0.15) is 30.9 Å². The second-order valence-electron chi connectivity index (χ2n) is 8.39. The number of rotatable bonds is 6. The fourth-order valence-corrected chi connectivity index (χ4v) is 4.66. The zero-order chi connectivity index (χ0) is 24.4. The van der Waals surface area contributed by atoms with Crippen LogP contribution in [0.5, 0.6) is 17.2 Å². The summed E-state index contributed by atoms with van der Waals surface area (Å²) in [4.78, 5) is 13.5. The lowest BCUT2D eigenvalue weighted by Crippen LogP contribution is -2.07. The summed E-state index contributed by atoms with van der Waals surface area (Å²) in [7, 11) is 0. The minimum Gasteiger partial charge on any atom is -0.490 e. The quantitative estimate of drug-likeness (QED) is 0.269. The summed E-state index contributed by atoms with van der Waals surface area (Å²) in [5.41, 5.74) is 3.16. The van der Waals surface area contributed by atoms with Crippen molar-refractivity contribution in [3.63, 3.8) is 0 Å². The number of fused-ring (bicyclic) bond motifs is 2. The minimum atomic E-state index is -0.112. The van der Waals surface area contributed by atoms with Crippen LogP contribution in [-0.2, 0) is 13.0 Å². The summed E-state index contributed by atoms with van der Waals surface area (Å²) in [6.45, 7) is 3.47. The SMILES string of the molecule is CCCc1cc2c(=O)c(-c3ccc4c(c3)OCCCO4)coc2cc1OCc1c(Cl)cccc1Cl. The van der Waals surface area contributed by atoms with Crippen LogP contribution in [0.3, 0.4) is 0 Å². The molecule has 5 rings (SSSR count). The van der Waals surface area contributed by atoms with Gasteiger partial charge in [-0.1, -0.05) is 48.7 Å². The van der Waals surface area contributed by atoms with Crippen LogP contribution in [0.4, 0.5) is 0 Å². The fraction of sp³-hybridized carbons (Fsp3) is 0.250. The van der Waals surface area contributed by atoms with E-state index in [0.29, 0.717) is 62.6 Å². The molecule has 2 heterocycles. The van der Waals surface area contributed by atoms with Crippen molar-refractivity contribution >= 4 is 34.2 Å². The van der Waals surface area contributed by atoms with E-state index in [9.17, 15) is 4.79 Å². The molecular weight excluding hydrogens is 487 g/mol. The first-order valence-corrected chi connectivity index (χ1v) is 12.3. The van der Waals surface area contributed by atoms with Crippen molar-refractivity contribution in [1.82, 2.24) is 0 Å². The van der Waals surface area contributed by atoms with E-state index in [0.717, 1.165) is 30.4 Å². The summed E-state index contributed by atoms with van der Waals surface area (Å²) < 4.78 is 23.5. The van der Waals surface area contributed by atoms with Gasteiger partial charge in [-0.2, -0.15) is 0 Å². The van der Waals surface area contributed by atoms with E-state index in [2.05, 4.69) is 6.92 Å². The van der Waals surface area contributed by atoms with Gasteiger partial charge in [-0.25, -0.2) is 0 Å². The van der Waals surface area contributed by atoms with Gasteiger partial charge in [0.2, 0.25) is 5.43 Å². The van der Waals surface area contributed by atoms with Crippen LogP contribution in [0.2, 0.25) is 10.0 Å². The molecule has 0 unspecified atom stereocenters. The van der Waals surface area contributed by atoms with Crippen LogP contribution in [0.25, 0.3) is 22.1 Å².